The van der Waals surface area contributed by atoms with Crippen molar-refractivity contribution in [1.29, 1.82) is 0 Å². The van der Waals surface area contributed by atoms with Crippen molar-refractivity contribution in [2.45, 2.75) is 39.3 Å². The fourth-order valence-electron chi connectivity index (χ4n) is 2.50. The second kappa shape index (κ2) is 6.92. The van der Waals surface area contributed by atoms with Crippen LogP contribution in [0.25, 0.3) is 0 Å². The molecule has 1 heterocycles. The van der Waals surface area contributed by atoms with Crippen molar-refractivity contribution in [3.05, 3.63) is 29.8 Å². The number of nitrogens with one attached hydrogen (secondary N) is 1. The first-order chi connectivity index (χ1) is 9.19. The van der Waals surface area contributed by atoms with E-state index in [0.717, 1.165) is 18.9 Å². The van der Waals surface area contributed by atoms with Crippen LogP contribution in [0.2, 0.25) is 0 Å². The smallest absolute Gasteiger partial charge is 0.119 e. The number of morpholine rings is 1. The van der Waals surface area contributed by atoms with Gasteiger partial charge < -0.3 is 14.8 Å². The number of ether oxygens (including phenoxy) is 2. The van der Waals surface area contributed by atoms with Crippen LogP contribution in [0, 0.1) is 5.92 Å². The molecule has 1 N–H and O–H groups in total. The average molecular weight is 263 g/mol. The summed E-state index contributed by atoms with van der Waals surface area (Å²) in [6.45, 7) is 8.90. The Balaban J connectivity index is 1.87. The van der Waals surface area contributed by atoms with Crippen LogP contribution in [0.5, 0.6) is 5.75 Å². The van der Waals surface area contributed by atoms with Gasteiger partial charge in [0.15, 0.2) is 0 Å². The van der Waals surface area contributed by atoms with E-state index >= 15 is 0 Å². The van der Waals surface area contributed by atoms with Gasteiger partial charge in [-0.2, -0.15) is 0 Å². The highest BCUT2D eigenvalue weighted by molar-refractivity contribution is 5.29. The summed E-state index contributed by atoms with van der Waals surface area (Å²) in [5.41, 5.74) is 1.22. The second-order valence-corrected chi connectivity index (χ2v) is 5.56. The third kappa shape index (κ3) is 4.22. The van der Waals surface area contributed by atoms with Crippen molar-refractivity contribution in [2.24, 2.45) is 5.92 Å². The Hall–Kier alpha value is -1.06. The van der Waals surface area contributed by atoms with Crippen LogP contribution < -0.4 is 10.1 Å². The summed E-state index contributed by atoms with van der Waals surface area (Å²) in [6.07, 6.45) is 1.34. The molecule has 0 bridgehead atoms. The molecule has 0 radical (unpaired) electrons. The van der Waals surface area contributed by atoms with Crippen LogP contribution in [0.4, 0.5) is 0 Å². The van der Waals surface area contributed by atoms with Gasteiger partial charge in [-0.05, 0) is 37.0 Å². The Morgan fingerprint density at radius 2 is 2.05 bits per heavy atom. The Morgan fingerprint density at radius 1 is 1.32 bits per heavy atom. The topological polar surface area (TPSA) is 30.5 Å². The maximum Gasteiger partial charge on any atom is 0.119 e. The summed E-state index contributed by atoms with van der Waals surface area (Å²) in [5.74, 6) is 1.64. The summed E-state index contributed by atoms with van der Waals surface area (Å²) in [4.78, 5) is 0. The lowest BCUT2D eigenvalue weighted by molar-refractivity contribution is -0.00133. The molecule has 2 rings (SSSR count). The van der Waals surface area contributed by atoms with Gasteiger partial charge in [0, 0.05) is 12.6 Å². The first kappa shape index (κ1) is 14.4. The summed E-state index contributed by atoms with van der Waals surface area (Å²) in [6, 6.07) is 8.73. The van der Waals surface area contributed by atoms with Gasteiger partial charge in [-0.25, -0.2) is 0 Å². The quantitative estimate of drug-likeness (QED) is 0.885. The Morgan fingerprint density at radius 3 is 2.58 bits per heavy atom. The zero-order chi connectivity index (χ0) is 13.7. The van der Waals surface area contributed by atoms with E-state index in [0.29, 0.717) is 18.6 Å². The van der Waals surface area contributed by atoms with Crippen LogP contribution in [-0.4, -0.2) is 25.8 Å². The van der Waals surface area contributed by atoms with Crippen molar-refractivity contribution < 1.29 is 9.47 Å². The van der Waals surface area contributed by atoms with Gasteiger partial charge in [-0.15, -0.1) is 0 Å². The van der Waals surface area contributed by atoms with E-state index in [1.54, 1.807) is 0 Å². The Bertz CT molecular complexity index is 367. The molecule has 106 valence electrons. The second-order valence-electron chi connectivity index (χ2n) is 5.56. The maximum absolute atomic E-state index is 5.97. The van der Waals surface area contributed by atoms with Gasteiger partial charge in [-0.1, -0.05) is 26.0 Å². The fraction of sp³-hybridized carbons (Fsp3) is 0.625. The highest BCUT2D eigenvalue weighted by atomic mass is 16.5. The molecule has 0 saturated carbocycles. The van der Waals surface area contributed by atoms with Crippen molar-refractivity contribution >= 4 is 0 Å². The van der Waals surface area contributed by atoms with E-state index in [2.05, 4.69) is 31.3 Å². The van der Waals surface area contributed by atoms with Crippen LogP contribution in [0.1, 0.15) is 38.9 Å². The first-order valence-electron chi connectivity index (χ1n) is 7.26. The van der Waals surface area contributed by atoms with Crippen LogP contribution in [-0.2, 0) is 4.74 Å². The molecular formula is C16H25NO2. The molecule has 1 aromatic carbocycles. The summed E-state index contributed by atoms with van der Waals surface area (Å²) < 4.78 is 11.4. The van der Waals surface area contributed by atoms with Crippen LogP contribution >= 0.6 is 0 Å². The molecule has 19 heavy (non-hydrogen) atoms. The molecular weight excluding hydrogens is 238 g/mol. The molecule has 1 aliphatic heterocycles. The lowest BCUT2D eigenvalue weighted by Crippen LogP contribution is -2.43. The van der Waals surface area contributed by atoms with Crippen molar-refractivity contribution in [1.82, 2.24) is 5.32 Å². The molecule has 0 spiro atoms. The van der Waals surface area contributed by atoms with Crippen LogP contribution in [0.15, 0.2) is 24.3 Å². The van der Waals surface area contributed by atoms with Crippen LogP contribution in [0.3, 0.4) is 0 Å². The molecule has 3 heteroatoms. The molecule has 3 nitrogen and oxygen atoms in total. The average Bonchev–Trinajstić information content (AvgIpc) is 2.40. The number of hydrogen-bond donors (Lipinski definition) is 1. The maximum atomic E-state index is 5.97. The molecule has 1 aliphatic rings. The zero-order valence-electron chi connectivity index (χ0n) is 12.2. The number of hydrogen-bond acceptors (Lipinski definition) is 3. The standard InChI is InChI=1S/C16H25NO2/c1-4-18-15-7-5-13(6-8-15)16-10-17-14(11-19-16)9-12(2)3/h5-8,12,14,16-17H,4,9-11H2,1-3H3. The van der Waals surface area contributed by atoms with E-state index in [9.17, 15) is 0 Å². The fourth-order valence-corrected chi connectivity index (χ4v) is 2.50. The molecule has 0 aliphatic carbocycles. The van der Waals surface area contributed by atoms with Gasteiger partial charge in [0.1, 0.15) is 5.75 Å². The summed E-state index contributed by atoms with van der Waals surface area (Å²) >= 11 is 0. The van der Waals surface area contributed by atoms with E-state index < -0.39 is 0 Å². The van der Waals surface area contributed by atoms with E-state index in [4.69, 9.17) is 9.47 Å². The van der Waals surface area contributed by atoms with E-state index in [1.807, 2.05) is 19.1 Å². The summed E-state index contributed by atoms with van der Waals surface area (Å²) in [5, 5.41) is 3.58. The molecule has 1 saturated heterocycles. The van der Waals surface area contributed by atoms with Gasteiger partial charge in [0.2, 0.25) is 0 Å². The molecule has 1 fully saturated rings. The van der Waals surface area contributed by atoms with Crippen molar-refractivity contribution in [3.8, 4) is 5.75 Å². The zero-order valence-corrected chi connectivity index (χ0v) is 12.2. The van der Waals surface area contributed by atoms with Crippen molar-refractivity contribution in [2.75, 3.05) is 19.8 Å². The van der Waals surface area contributed by atoms with E-state index in [1.165, 1.54) is 12.0 Å². The third-order valence-corrected chi connectivity index (χ3v) is 3.41. The van der Waals surface area contributed by atoms with E-state index in [-0.39, 0.29) is 6.10 Å². The lowest BCUT2D eigenvalue weighted by atomic mass is 10.0. The first-order valence-corrected chi connectivity index (χ1v) is 7.26. The Kier molecular flexibility index (Phi) is 5.23. The Labute approximate surface area is 116 Å². The highest BCUT2D eigenvalue weighted by Gasteiger charge is 2.22. The molecule has 0 amide bonds. The third-order valence-electron chi connectivity index (χ3n) is 3.41. The van der Waals surface area contributed by atoms with Gasteiger partial charge in [0.05, 0.1) is 19.3 Å². The summed E-state index contributed by atoms with van der Waals surface area (Å²) in [7, 11) is 0. The minimum atomic E-state index is 0.166. The molecule has 1 aromatic rings. The SMILES string of the molecule is CCOc1ccc(C2CNC(CC(C)C)CO2)cc1. The normalized spacial score (nSPS) is 23.6. The number of benzene rings is 1. The highest BCUT2D eigenvalue weighted by Crippen LogP contribution is 2.23. The molecule has 0 aromatic heterocycles. The molecule has 2 atom stereocenters. The van der Waals surface area contributed by atoms with Crippen molar-refractivity contribution in [3.63, 3.8) is 0 Å². The monoisotopic (exact) mass is 263 g/mol. The van der Waals surface area contributed by atoms with Gasteiger partial charge in [-0.3, -0.25) is 0 Å². The largest absolute Gasteiger partial charge is 0.494 e. The van der Waals surface area contributed by atoms with Gasteiger partial charge in [0.25, 0.3) is 0 Å². The minimum absolute atomic E-state index is 0.166. The predicted octanol–water partition coefficient (Wildman–Crippen LogP) is 3.16. The van der Waals surface area contributed by atoms with Gasteiger partial charge >= 0.3 is 0 Å². The molecule has 2 unspecified atom stereocenters. The minimum Gasteiger partial charge on any atom is -0.494 e. The number of rotatable bonds is 5. The predicted molar refractivity (Wildman–Crippen MR) is 77.5 cm³/mol. The lowest BCUT2D eigenvalue weighted by Gasteiger charge is -2.31.